The fourth-order valence-corrected chi connectivity index (χ4v) is 5.34. The van der Waals surface area contributed by atoms with Crippen LogP contribution in [0.25, 0.3) is 0 Å². The van der Waals surface area contributed by atoms with E-state index < -0.39 is 5.60 Å². The quantitative estimate of drug-likeness (QED) is 0.686. The maximum Gasteiger partial charge on any atom is 0.0872 e. The smallest absolute Gasteiger partial charge is 0.0872 e. The van der Waals surface area contributed by atoms with E-state index in [0.29, 0.717) is 11.3 Å². The van der Waals surface area contributed by atoms with E-state index in [1.165, 1.54) is 37.7 Å². The third kappa shape index (κ3) is 1.92. The SMILES string of the molecule is CCC1=CC2(O)CC(CC)(CC)CC2C1(CC)CC. The first kappa shape index (κ1) is 15.1. The van der Waals surface area contributed by atoms with Gasteiger partial charge >= 0.3 is 0 Å². The van der Waals surface area contributed by atoms with E-state index >= 15 is 0 Å². The van der Waals surface area contributed by atoms with E-state index in [2.05, 4.69) is 40.7 Å². The highest BCUT2D eigenvalue weighted by atomic mass is 16.3. The number of hydrogen-bond donors (Lipinski definition) is 1. The van der Waals surface area contributed by atoms with Gasteiger partial charge in [0, 0.05) is 5.92 Å². The number of allylic oxidation sites excluding steroid dienone is 1. The molecule has 2 aliphatic rings. The third-order valence-electron chi connectivity index (χ3n) is 6.77. The second kappa shape index (κ2) is 4.91. The molecule has 0 saturated heterocycles. The van der Waals surface area contributed by atoms with Crippen molar-refractivity contribution < 1.29 is 5.11 Å². The average molecular weight is 264 g/mol. The standard InChI is InChI=1S/C18H32O/c1-6-14-11-18(19)13-16(7-2,8-3)12-15(18)17(14,9-4)10-5/h11,15,19H,6-10,12-13H2,1-5H3. The second-order valence-electron chi connectivity index (χ2n) is 7.02. The molecule has 19 heavy (non-hydrogen) atoms. The zero-order valence-corrected chi connectivity index (χ0v) is 13.6. The summed E-state index contributed by atoms with van der Waals surface area (Å²) in [6, 6.07) is 0. The molecule has 0 radical (unpaired) electrons. The lowest BCUT2D eigenvalue weighted by Crippen LogP contribution is -2.37. The van der Waals surface area contributed by atoms with Crippen molar-refractivity contribution in [3.63, 3.8) is 0 Å². The van der Waals surface area contributed by atoms with Gasteiger partial charge in [0.2, 0.25) is 0 Å². The minimum absolute atomic E-state index is 0.273. The maximum absolute atomic E-state index is 11.3. The van der Waals surface area contributed by atoms with Crippen molar-refractivity contribution >= 4 is 0 Å². The van der Waals surface area contributed by atoms with Crippen LogP contribution in [0.3, 0.4) is 0 Å². The normalized spacial score (nSPS) is 35.3. The first-order chi connectivity index (χ1) is 8.95. The van der Waals surface area contributed by atoms with Gasteiger partial charge in [0.25, 0.3) is 0 Å². The molecule has 0 aromatic carbocycles. The van der Waals surface area contributed by atoms with Gasteiger partial charge in [-0.2, -0.15) is 0 Å². The second-order valence-corrected chi connectivity index (χ2v) is 7.02. The van der Waals surface area contributed by atoms with Crippen LogP contribution in [0.1, 0.15) is 79.6 Å². The van der Waals surface area contributed by atoms with E-state index in [0.717, 1.165) is 12.8 Å². The summed E-state index contributed by atoms with van der Waals surface area (Å²) in [6.45, 7) is 11.5. The summed E-state index contributed by atoms with van der Waals surface area (Å²) in [5.41, 5.74) is 1.68. The number of fused-ring (bicyclic) bond motifs is 1. The maximum atomic E-state index is 11.3. The molecule has 0 aliphatic heterocycles. The van der Waals surface area contributed by atoms with Gasteiger partial charge in [0.1, 0.15) is 0 Å². The summed E-state index contributed by atoms with van der Waals surface area (Å²) in [4.78, 5) is 0. The van der Waals surface area contributed by atoms with Crippen molar-refractivity contribution in [2.75, 3.05) is 0 Å². The Hall–Kier alpha value is -0.300. The van der Waals surface area contributed by atoms with Crippen molar-refractivity contribution in [1.82, 2.24) is 0 Å². The Labute approximate surface area is 119 Å². The molecule has 110 valence electrons. The molecular weight excluding hydrogens is 232 g/mol. The molecule has 0 heterocycles. The van der Waals surface area contributed by atoms with Gasteiger partial charge in [-0.05, 0) is 42.9 Å². The first-order valence-corrected chi connectivity index (χ1v) is 8.40. The summed E-state index contributed by atoms with van der Waals surface area (Å²) in [7, 11) is 0. The van der Waals surface area contributed by atoms with Gasteiger partial charge in [0.05, 0.1) is 5.60 Å². The van der Waals surface area contributed by atoms with Crippen LogP contribution in [0.15, 0.2) is 11.6 Å². The van der Waals surface area contributed by atoms with Crippen molar-refractivity contribution in [2.45, 2.75) is 85.2 Å². The van der Waals surface area contributed by atoms with Gasteiger partial charge in [-0.25, -0.2) is 0 Å². The van der Waals surface area contributed by atoms with E-state index in [1.54, 1.807) is 0 Å². The van der Waals surface area contributed by atoms with Crippen LogP contribution in [-0.4, -0.2) is 10.7 Å². The fourth-order valence-electron chi connectivity index (χ4n) is 5.34. The molecule has 0 aromatic rings. The monoisotopic (exact) mass is 264 g/mol. The number of rotatable bonds is 5. The van der Waals surface area contributed by atoms with Crippen molar-refractivity contribution in [3.8, 4) is 0 Å². The van der Waals surface area contributed by atoms with Crippen LogP contribution in [-0.2, 0) is 0 Å². The molecule has 1 saturated carbocycles. The van der Waals surface area contributed by atoms with E-state index in [1.807, 2.05) is 0 Å². The van der Waals surface area contributed by atoms with Gasteiger partial charge in [-0.15, -0.1) is 0 Å². The van der Waals surface area contributed by atoms with Gasteiger partial charge in [-0.1, -0.05) is 59.1 Å². The highest BCUT2D eigenvalue weighted by molar-refractivity contribution is 5.34. The topological polar surface area (TPSA) is 20.2 Å². The summed E-state index contributed by atoms with van der Waals surface area (Å²) >= 11 is 0. The highest BCUT2D eigenvalue weighted by Gasteiger charge is 2.61. The molecule has 2 unspecified atom stereocenters. The molecule has 0 aromatic heterocycles. The number of aliphatic hydroxyl groups is 1. The van der Waals surface area contributed by atoms with Crippen molar-refractivity contribution in [3.05, 3.63) is 11.6 Å². The largest absolute Gasteiger partial charge is 0.385 e. The first-order valence-electron chi connectivity index (χ1n) is 8.40. The Morgan fingerprint density at radius 1 is 1.05 bits per heavy atom. The Kier molecular flexibility index (Phi) is 3.90. The Morgan fingerprint density at radius 3 is 2.05 bits per heavy atom. The van der Waals surface area contributed by atoms with Crippen LogP contribution in [0, 0.1) is 16.7 Å². The lowest BCUT2D eigenvalue weighted by atomic mass is 9.65. The molecule has 0 spiro atoms. The molecule has 0 bridgehead atoms. The van der Waals surface area contributed by atoms with Gasteiger partial charge in [-0.3, -0.25) is 0 Å². The molecule has 2 rings (SSSR count). The van der Waals surface area contributed by atoms with E-state index in [9.17, 15) is 5.11 Å². The highest BCUT2D eigenvalue weighted by Crippen LogP contribution is 2.65. The summed E-state index contributed by atoms with van der Waals surface area (Å²) in [6.07, 6.45) is 10.4. The molecular formula is C18H32O. The number of hydrogen-bond acceptors (Lipinski definition) is 1. The Balaban J connectivity index is 2.44. The molecule has 1 nitrogen and oxygen atoms in total. The zero-order valence-electron chi connectivity index (χ0n) is 13.6. The minimum atomic E-state index is -0.511. The third-order valence-corrected chi connectivity index (χ3v) is 6.77. The molecule has 1 fully saturated rings. The Bertz CT molecular complexity index is 360. The fraction of sp³-hybridized carbons (Fsp3) is 0.889. The Morgan fingerprint density at radius 2 is 1.63 bits per heavy atom. The van der Waals surface area contributed by atoms with Gasteiger partial charge < -0.3 is 5.11 Å². The molecule has 1 heteroatoms. The molecule has 1 N–H and O–H groups in total. The summed E-state index contributed by atoms with van der Waals surface area (Å²) < 4.78 is 0. The lowest BCUT2D eigenvalue weighted by Gasteiger charge is -2.39. The predicted molar refractivity (Wildman–Crippen MR) is 82.1 cm³/mol. The minimum Gasteiger partial charge on any atom is -0.385 e. The summed E-state index contributed by atoms with van der Waals surface area (Å²) in [5, 5.41) is 11.3. The van der Waals surface area contributed by atoms with Crippen LogP contribution in [0.5, 0.6) is 0 Å². The molecule has 0 amide bonds. The van der Waals surface area contributed by atoms with Crippen LogP contribution < -0.4 is 0 Å². The van der Waals surface area contributed by atoms with Crippen LogP contribution in [0.2, 0.25) is 0 Å². The zero-order chi connectivity index (χ0) is 14.3. The van der Waals surface area contributed by atoms with E-state index in [4.69, 9.17) is 0 Å². The summed E-state index contributed by atoms with van der Waals surface area (Å²) in [5.74, 6) is 0.463. The predicted octanol–water partition coefficient (Wildman–Crippen LogP) is 5.09. The molecule has 2 atom stereocenters. The van der Waals surface area contributed by atoms with Crippen LogP contribution >= 0.6 is 0 Å². The van der Waals surface area contributed by atoms with Crippen molar-refractivity contribution in [2.24, 2.45) is 16.7 Å². The average Bonchev–Trinajstić information content (AvgIpc) is 2.85. The molecule has 2 aliphatic carbocycles. The van der Waals surface area contributed by atoms with Gasteiger partial charge in [0.15, 0.2) is 0 Å². The van der Waals surface area contributed by atoms with E-state index in [-0.39, 0.29) is 5.41 Å². The van der Waals surface area contributed by atoms with Crippen molar-refractivity contribution in [1.29, 1.82) is 0 Å². The van der Waals surface area contributed by atoms with Crippen LogP contribution in [0.4, 0.5) is 0 Å². The lowest BCUT2D eigenvalue weighted by molar-refractivity contribution is 0.0113.